The fourth-order valence-corrected chi connectivity index (χ4v) is 3.52. The first-order valence-electron chi connectivity index (χ1n) is 9.01. The number of amides is 1. The molecule has 1 aromatic heterocycles. The molecule has 0 unspecified atom stereocenters. The smallest absolute Gasteiger partial charge is 0.350 e. The van der Waals surface area contributed by atoms with Crippen LogP contribution >= 0.6 is 11.3 Å². The van der Waals surface area contributed by atoms with Gasteiger partial charge >= 0.3 is 11.9 Å². The third kappa shape index (κ3) is 8.47. The Morgan fingerprint density at radius 3 is 2.27 bits per heavy atom. The SMILES string of the molecule is CC.CC1CCCCC1.COC(=O)c1sc(C)cc1N(C=O)CC(=O)O. The van der Waals surface area contributed by atoms with E-state index in [2.05, 4.69) is 11.7 Å². The summed E-state index contributed by atoms with van der Waals surface area (Å²) in [5, 5.41) is 8.66. The summed E-state index contributed by atoms with van der Waals surface area (Å²) in [6.07, 6.45) is 7.81. The minimum Gasteiger partial charge on any atom is -0.480 e. The standard InChI is InChI=1S/C10H11NO5S.C7H14.C2H6/c1-6-3-7(9(17-6)10(15)16-2)11(5-12)4-8(13)14;1-7-5-3-2-4-6-7;1-2/h3,5H,4H2,1-2H3,(H,13,14);7H,2-6H2,1H3;1-2H3. The molecule has 1 aliphatic rings. The van der Waals surface area contributed by atoms with Gasteiger partial charge in [-0.25, -0.2) is 4.79 Å². The van der Waals surface area contributed by atoms with Gasteiger partial charge in [0.25, 0.3) is 0 Å². The first-order chi connectivity index (χ1) is 12.4. The maximum absolute atomic E-state index is 11.5. The second-order valence-electron chi connectivity index (χ2n) is 5.93. The molecule has 6 nitrogen and oxygen atoms in total. The van der Waals surface area contributed by atoms with Crippen LogP contribution in [-0.4, -0.2) is 37.1 Å². The summed E-state index contributed by atoms with van der Waals surface area (Å²) in [5.41, 5.74) is 0.261. The van der Waals surface area contributed by atoms with E-state index >= 15 is 0 Å². The molecule has 0 bridgehead atoms. The van der Waals surface area contributed by atoms with Crippen molar-refractivity contribution in [2.45, 2.75) is 59.8 Å². The Hall–Kier alpha value is -1.89. The predicted molar refractivity (Wildman–Crippen MR) is 105 cm³/mol. The second kappa shape index (κ2) is 13.3. The van der Waals surface area contributed by atoms with Gasteiger partial charge in [0.15, 0.2) is 0 Å². The summed E-state index contributed by atoms with van der Waals surface area (Å²) in [6.45, 7) is 7.62. The summed E-state index contributed by atoms with van der Waals surface area (Å²) >= 11 is 1.15. The molecular weight excluding hydrogens is 354 g/mol. The van der Waals surface area contributed by atoms with Crippen LogP contribution < -0.4 is 4.90 Å². The zero-order chi connectivity index (χ0) is 20.1. The lowest BCUT2D eigenvalue weighted by molar-refractivity contribution is -0.136. The van der Waals surface area contributed by atoms with Crippen LogP contribution in [0.5, 0.6) is 0 Å². The summed E-state index contributed by atoms with van der Waals surface area (Å²) in [6, 6.07) is 1.58. The van der Waals surface area contributed by atoms with E-state index in [4.69, 9.17) is 5.11 Å². The number of carboxylic acid groups (broad SMARTS) is 1. The molecule has 1 fully saturated rings. The largest absolute Gasteiger partial charge is 0.480 e. The molecule has 1 aliphatic carbocycles. The number of carbonyl (C=O) groups is 3. The molecule has 1 heterocycles. The zero-order valence-corrected chi connectivity index (χ0v) is 17.2. The van der Waals surface area contributed by atoms with Gasteiger partial charge in [-0.1, -0.05) is 52.9 Å². The Morgan fingerprint density at radius 1 is 1.31 bits per heavy atom. The average Bonchev–Trinajstić information content (AvgIpc) is 3.03. The average molecular weight is 386 g/mol. The van der Waals surface area contributed by atoms with E-state index in [1.165, 1.54) is 39.2 Å². The Labute approximate surface area is 160 Å². The molecule has 0 saturated heterocycles. The van der Waals surface area contributed by atoms with Crippen molar-refractivity contribution in [1.82, 2.24) is 0 Å². The lowest BCUT2D eigenvalue weighted by Crippen LogP contribution is -2.29. The van der Waals surface area contributed by atoms with Crippen molar-refractivity contribution in [3.63, 3.8) is 0 Å². The molecule has 1 saturated carbocycles. The highest BCUT2D eigenvalue weighted by Crippen LogP contribution is 2.30. The van der Waals surface area contributed by atoms with Crippen molar-refractivity contribution >= 4 is 35.4 Å². The van der Waals surface area contributed by atoms with Gasteiger partial charge in [-0.15, -0.1) is 11.3 Å². The molecule has 26 heavy (non-hydrogen) atoms. The summed E-state index contributed by atoms with van der Waals surface area (Å²) < 4.78 is 4.57. The molecule has 1 N–H and O–H groups in total. The van der Waals surface area contributed by atoms with E-state index in [1.54, 1.807) is 13.0 Å². The summed E-state index contributed by atoms with van der Waals surface area (Å²) in [4.78, 5) is 34.8. The minimum absolute atomic E-state index is 0.221. The Bertz CT molecular complexity index is 564. The highest BCUT2D eigenvalue weighted by Gasteiger charge is 2.21. The van der Waals surface area contributed by atoms with Crippen LogP contribution in [0.25, 0.3) is 0 Å². The normalized spacial score (nSPS) is 13.4. The highest BCUT2D eigenvalue weighted by molar-refractivity contribution is 7.14. The van der Waals surface area contributed by atoms with Gasteiger partial charge in [0, 0.05) is 4.88 Å². The van der Waals surface area contributed by atoms with Crippen LogP contribution in [0.1, 0.15) is 67.4 Å². The first-order valence-corrected chi connectivity index (χ1v) is 9.83. The van der Waals surface area contributed by atoms with E-state index in [0.29, 0.717) is 6.41 Å². The van der Waals surface area contributed by atoms with E-state index < -0.39 is 18.5 Å². The van der Waals surface area contributed by atoms with E-state index in [0.717, 1.165) is 27.0 Å². The predicted octanol–water partition coefficient (Wildman–Crippen LogP) is 4.50. The van der Waals surface area contributed by atoms with Crippen molar-refractivity contribution in [3.05, 3.63) is 15.8 Å². The first kappa shape index (κ1) is 24.1. The van der Waals surface area contributed by atoms with Gasteiger partial charge in [0.1, 0.15) is 11.4 Å². The lowest BCUT2D eigenvalue weighted by atomic mass is 9.91. The monoisotopic (exact) mass is 385 g/mol. The summed E-state index contributed by atoms with van der Waals surface area (Å²) in [7, 11) is 1.23. The van der Waals surface area contributed by atoms with Crippen LogP contribution in [0.3, 0.4) is 0 Å². The maximum atomic E-state index is 11.5. The van der Waals surface area contributed by atoms with Crippen LogP contribution in [0.2, 0.25) is 0 Å². The fraction of sp³-hybridized carbons (Fsp3) is 0.632. The quantitative estimate of drug-likeness (QED) is 0.596. The second-order valence-corrected chi connectivity index (χ2v) is 7.19. The van der Waals surface area contributed by atoms with Crippen molar-refractivity contribution in [2.24, 2.45) is 5.92 Å². The molecular formula is C19H31NO5S. The third-order valence-corrected chi connectivity index (χ3v) is 4.86. The minimum atomic E-state index is -1.16. The Kier molecular flexibility index (Phi) is 12.4. The molecule has 0 aromatic carbocycles. The molecule has 2 rings (SSSR count). The Morgan fingerprint density at radius 2 is 1.88 bits per heavy atom. The number of thiophene rings is 1. The van der Waals surface area contributed by atoms with Crippen LogP contribution in [0.15, 0.2) is 6.07 Å². The van der Waals surface area contributed by atoms with E-state index in [1.807, 2.05) is 13.8 Å². The molecule has 0 spiro atoms. The number of rotatable bonds is 5. The number of anilines is 1. The fourth-order valence-electron chi connectivity index (χ4n) is 2.58. The van der Waals surface area contributed by atoms with Gasteiger partial charge in [-0.05, 0) is 18.9 Å². The number of esters is 1. The molecule has 0 aliphatic heterocycles. The number of aliphatic carboxylic acids is 1. The number of carboxylic acids is 1. The third-order valence-electron chi connectivity index (χ3n) is 3.84. The number of ether oxygens (including phenoxy) is 1. The topological polar surface area (TPSA) is 83.9 Å². The number of nitrogens with zero attached hydrogens (tertiary/aromatic N) is 1. The van der Waals surface area contributed by atoms with Crippen molar-refractivity contribution in [1.29, 1.82) is 0 Å². The van der Waals surface area contributed by atoms with Gasteiger partial charge in [0.2, 0.25) is 6.41 Å². The zero-order valence-electron chi connectivity index (χ0n) is 16.4. The molecule has 7 heteroatoms. The van der Waals surface area contributed by atoms with Crippen molar-refractivity contribution in [3.8, 4) is 0 Å². The van der Waals surface area contributed by atoms with Crippen molar-refractivity contribution in [2.75, 3.05) is 18.6 Å². The van der Waals surface area contributed by atoms with Gasteiger partial charge in [-0.2, -0.15) is 0 Å². The van der Waals surface area contributed by atoms with Crippen LogP contribution in [-0.2, 0) is 14.3 Å². The number of methoxy groups -OCH3 is 1. The molecule has 0 radical (unpaired) electrons. The highest BCUT2D eigenvalue weighted by atomic mass is 32.1. The van der Waals surface area contributed by atoms with Crippen LogP contribution in [0, 0.1) is 12.8 Å². The van der Waals surface area contributed by atoms with E-state index in [9.17, 15) is 14.4 Å². The Balaban J connectivity index is 0.000000575. The lowest BCUT2D eigenvalue weighted by Gasteiger charge is -2.15. The van der Waals surface area contributed by atoms with Crippen LogP contribution in [0.4, 0.5) is 5.69 Å². The molecule has 1 amide bonds. The molecule has 0 atom stereocenters. The molecule has 148 valence electrons. The number of aryl methyl sites for hydroxylation is 1. The number of hydrogen-bond donors (Lipinski definition) is 1. The van der Waals surface area contributed by atoms with Gasteiger partial charge < -0.3 is 14.7 Å². The number of carbonyl (C=O) groups excluding carboxylic acids is 2. The van der Waals surface area contributed by atoms with Crippen molar-refractivity contribution < 1.29 is 24.2 Å². The van der Waals surface area contributed by atoms with Gasteiger partial charge in [-0.3, -0.25) is 9.59 Å². The maximum Gasteiger partial charge on any atom is 0.350 e. The number of hydrogen-bond acceptors (Lipinski definition) is 5. The molecule has 1 aromatic rings. The van der Waals surface area contributed by atoms with Gasteiger partial charge in [0.05, 0.1) is 12.8 Å². The summed E-state index contributed by atoms with van der Waals surface area (Å²) in [5.74, 6) is -0.708. The van der Waals surface area contributed by atoms with E-state index in [-0.39, 0.29) is 10.6 Å².